The molecule has 0 aromatic carbocycles. The first kappa shape index (κ1) is 11.2. The van der Waals surface area contributed by atoms with E-state index in [1.54, 1.807) is 18.3 Å². The second-order valence-electron chi connectivity index (χ2n) is 3.12. The molecule has 0 radical (unpaired) electrons. The summed E-state index contributed by atoms with van der Waals surface area (Å²) in [4.78, 5) is 12.5. The number of rotatable bonds is 4. The topological polar surface area (TPSA) is 38.3 Å². The molecule has 0 bridgehead atoms. The van der Waals surface area contributed by atoms with Gasteiger partial charge < -0.3 is 10.1 Å². The molecule has 0 spiro atoms. The Kier molecular flexibility index (Phi) is 4.10. The van der Waals surface area contributed by atoms with E-state index in [1.165, 1.54) is 17.6 Å². The molecule has 1 unspecified atom stereocenters. The van der Waals surface area contributed by atoms with Crippen LogP contribution in [0.25, 0.3) is 0 Å². The van der Waals surface area contributed by atoms with Crippen LogP contribution in [0.1, 0.15) is 17.4 Å². The molecule has 4 heteroatoms. The predicted molar refractivity (Wildman–Crippen MR) is 57.4 cm³/mol. The van der Waals surface area contributed by atoms with Gasteiger partial charge in [-0.05, 0) is 30.9 Å². The molecule has 3 nitrogen and oxygen atoms in total. The molecule has 1 N–H and O–H groups in total. The van der Waals surface area contributed by atoms with E-state index in [0.29, 0.717) is 6.54 Å². The number of aryl methyl sites for hydroxylation is 1. The zero-order valence-corrected chi connectivity index (χ0v) is 9.48. The number of amides is 1. The number of carbonyl (C=O) groups excluding carboxylic acids is 1. The van der Waals surface area contributed by atoms with Gasteiger partial charge in [0.15, 0.2) is 0 Å². The second-order valence-corrected chi connectivity index (χ2v) is 4.12. The van der Waals surface area contributed by atoms with E-state index in [0.717, 1.165) is 0 Å². The summed E-state index contributed by atoms with van der Waals surface area (Å²) in [7, 11) is 1.53. The second kappa shape index (κ2) is 5.12. The van der Waals surface area contributed by atoms with Crippen molar-refractivity contribution in [1.29, 1.82) is 0 Å². The Morgan fingerprint density at radius 3 is 2.93 bits per heavy atom. The van der Waals surface area contributed by atoms with Crippen LogP contribution >= 0.6 is 11.3 Å². The average molecular weight is 213 g/mol. The van der Waals surface area contributed by atoms with Gasteiger partial charge >= 0.3 is 0 Å². The van der Waals surface area contributed by atoms with Crippen LogP contribution < -0.4 is 5.32 Å². The summed E-state index contributed by atoms with van der Waals surface area (Å²) in [5.74, 6) is -0.0692. The van der Waals surface area contributed by atoms with Crippen molar-refractivity contribution in [3.05, 3.63) is 21.9 Å². The first-order valence-corrected chi connectivity index (χ1v) is 5.36. The largest absolute Gasteiger partial charge is 0.372 e. The molecule has 78 valence electrons. The lowest BCUT2D eigenvalue weighted by atomic mass is 10.3. The molecule has 0 fully saturated rings. The van der Waals surface area contributed by atoms with E-state index in [2.05, 4.69) is 5.32 Å². The molecule has 1 atom stereocenters. The molecule has 0 saturated heterocycles. The van der Waals surface area contributed by atoms with Crippen molar-refractivity contribution in [1.82, 2.24) is 5.32 Å². The fourth-order valence-electron chi connectivity index (χ4n) is 1.00. The molecular formula is C10H15NO2S. The third kappa shape index (κ3) is 2.82. The predicted octanol–water partition coefficient (Wildman–Crippen LogP) is 1.71. The van der Waals surface area contributed by atoms with Crippen LogP contribution in [0, 0.1) is 6.92 Å². The minimum Gasteiger partial charge on any atom is -0.372 e. The van der Waals surface area contributed by atoms with Crippen molar-refractivity contribution in [2.45, 2.75) is 26.5 Å². The molecule has 1 aromatic heterocycles. The summed E-state index contributed by atoms with van der Waals surface area (Å²) >= 11 is 1.66. The van der Waals surface area contributed by atoms with Crippen LogP contribution in [0.2, 0.25) is 0 Å². The maximum Gasteiger partial charge on any atom is 0.249 e. The van der Waals surface area contributed by atoms with Gasteiger partial charge in [-0.25, -0.2) is 0 Å². The van der Waals surface area contributed by atoms with Crippen LogP contribution in [0.3, 0.4) is 0 Å². The summed E-state index contributed by atoms with van der Waals surface area (Å²) in [5.41, 5.74) is 1.22. The van der Waals surface area contributed by atoms with Crippen molar-refractivity contribution in [2.24, 2.45) is 0 Å². The lowest BCUT2D eigenvalue weighted by Gasteiger charge is -2.09. The van der Waals surface area contributed by atoms with Crippen LogP contribution in [0.4, 0.5) is 0 Å². The smallest absolute Gasteiger partial charge is 0.249 e. The highest BCUT2D eigenvalue weighted by Crippen LogP contribution is 2.14. The van der Waals surface area contributed by atoms with Gasteiger partial charge in [0.25, 0.3) is 0 Å². The number of methoxy groups -OCH3 is 1. The van der Waals surface area contributed by atoms with Gasteiger partial charge in [-0.3, -0.25) is 4.79 Å². The highest BCUT2D eigenvalue weighted by molar-refractivity contribution is 7.10. The third-order valence-electron chi connectivity index (χ3n) is 2.11. The van der Waals surface area contributed by atoms with E-state index >= 15 is 0 Å². The first-order valence-electron chi connectivity index (χ1n) is 4.48. The monoisotopic (exact) mass is 213 g/mol. The molecule has 1 rings (SSSR count). The Morgan fingerprint density at radius 2 is 2.43 bits per heavy atom. The van der Waals surface area contributed by atoms with E-state index in [1.807, 2.05) is 18.4 Å². The molecule has 1 aromatic rings. The molecular weight excluding hydrogens is 198 g/mol. The Labute approximate surface area is 88.1 Å². The van der Waals surface area contributed by atoms with Crippen molar-refractivity contribution in [3.8, 4) is 0 Å². The molecule has 1 heterocycles. The van der Waals surface area contributed by atoms with Crippen molar-refractivity contribution >= 4 is 17.2 Å². The summed E-state index contributed by atoms with van der Waals surface area (Å²) in [6.07, 6.45) is -0.379. The SMILES string of the molecule is COC(C)C(=O)NCc1sccc1C. The van der Waals surface area contributed by atoms with Crippen LogP contribution in [0.5, 0.6) is 0 Å². The third-order valence-corrected chi connectivity index (χ3v) is 3.14. The number of hydrogen-bond acceptors (Lipinski definition) is 3. The zero-order chi connectivity index (χ0) is 10.6. The number of carbonyl (C=O) groups is 1. The van der Waals surface area contributed by atoms with Gasteiger partial charge in [0.05, 0.1) is 6.54 Å². The van der Waals surface area contributed by atoms with E-state index < -0.39 is 0 Å². The highest BCUT2D eigenvalue weighted by Gasteiger charge is 2.11. The molecule has 14 heavy (non-hydrogen) atoms. The summed E-state index contributed by atoms with van der Waals surface area (Å²) in [6.45, 7) is 4.37. The maximum atomic E-state index is 11.3. The van der Waals surface area contributed by atoms with Crippen molar-refractivity contribution < 1.29 is 9.53 Å². The van der Waals surface area contributed by atoms with Crippen LogP contribution in [-0.2, 0) is 16.1 Å². The number of ether oxygens (including phenoxy) is 1. The normalized spacial score (nSPS) is 12.5. The molecule has 1 amide bonds. The lowest BCUT2D eigenvalue weighted by Crippen LogP contribution is -2.33. The molecule has 0 aliphatic heterocycles. The van der Waals surface area contributed by atoms with E-state index in [-0.39, 0.29) is 12.0 Å². The summed E-state index contributed by atoms with van der Waals surface area (Å²) in [6, 6.07) is 2.05. The Bertz CT molecular complexity index is 309. The van der Waals surface area contributed by atoms with Crippen molar-refractivity contribution in [3.63, 3.8) is 0 Å². The van der Waals surface area contributed by atoms with Gasteiger partial charge in [0.2, 0.25) is 5.91 Å². The quantitative estimate of drug-likeness (QED) is 0.827. The zero-order valence-electron chi connectivity index (χ0n) is 8.66. The van der Waals surface area contributed by atoms with Crippen LogP contribution in [-0.4, -0.2) is 19.1 Å². The minimum absolute atomic E-state index is 0.0692. The fourth-order valence-corrected chi connectivity index (χ4v) is 1.85. The number of thiophene rings is 1. The Balaban J connectivity index is 2.41. The van der Waals surface area contributed by atoms with Gasteiger partial charge in [-0.15, -0.1) is 11.3 Å². The Morgan fingerprint density at radius 1 is 1.71 bits per heavy atom. The standard InChI is InChI=1S/C10H15NO2S/c1-7-4-5-14-9(7)6-11-10(12)8(2)13-3/h4-5,8H,6H2,1-3H3,(H,11,12). The van der Waals surface area contributed by atoms with Crippen molar-refractivity contribution in [2.75, 3.05) is 7.11 Å². The molecule has 0 aliphatic rings. The fraction of sp³-hybridized carbons (Fsp3) is 0.500. The van der Waals surface area contributed by atoms with Gasteiger partial charge in [0.1, 0.15) is 6.10 Å². The van der Waals surface area contributed by atoms with E-state index in [4.69, 9.17) is 4.74 Å². The molecule has 0 saturated carbocycles. The van der Waals surface area contributed by atoms with Gasteiger partial charge in [-0.2, -0.15) is 0 Å². The molecule has 0 aliphatic carbocycles. The Hall–Kier alpha value is -0.870. The maximum absolute atomic E-state index is 11.3. The first-order chi connectivity index (χ1) is 6.65. The number of nitrogens with one attached hydrogen (secondary N) is 1. The van der Waals surface area contributed by atoms with E-state index in [9.17, 15) is 4.79 Å². The van der Waals surface area contributed by atoms with Crippen LogP contribution in [0.15, 0.2) is 11.4 Å². The van der Waals surface area contributed by atoms with Gasteiger partial charge in [0, 0.05) is 12.0 Å². The summed E-state index contributed by atoms with van der Waals surface area (Å²) in [5, 5.41) is 4.85. The van der Waals surface area contributed by atoms with Gasteiger partial charge in [-0.1, -0.05) is 0 Å². The minimum atomic E-state index is -0.379. The summed E-state index contributed by atoms with van der Waals surface area (Å²) < 4.78 is 4.90. The highest BCUT2D eigenvalue weighted by atomic mass is 32.1. The average Bonchev–Trinajstić information content (AvgIpc) is 2.59. The number of hydrogen-bond donors (Lipinski definition) is 1. The lowest BCUT2D eigenvalue weighted by molar-refractivity contribution is -0.130.